The molecule has 0 aromatic heterocycles. The number of amides is 1. The number of nitriles is 1. The highest BCUT2D eigenvalue weighted by molar-refractivity contribution is 5.89. The summed E-state index contributed by atoms with van der Waals surface area (Å²) >= 11 is 0. The average molecular weight is 300 g/mol. The van der Waals surface area contributed by atoms with Crippen LogP contribution in [0.1, 0.15) is 18.4 Å². The molecule has 3 rings (SSSR count). The summed E-state index contributed by atoms with van der Waals surface area (Å²) in [5.74, 6) is 0.486. The van der Waals surface area contributed by atoms with Crippen molar-refractivity contribution in [3.63, 3.8) is 0 Å². The molecule has 1 unspecified atom stereocenters. The van der Waals surface area contributed by atoms with Crippen molar-refractivity contribution in [2.24, 2.45) is 17.3 Å². The third-order valence-corrected chi connectivity index (χ3v) is 4.88. The van der Waals surface area contributed by atoms with Gasteiger partial charge in [0.2, 0.25) is 5.91 Å². The number of nitrogens with zero attached hydrogens (tertiary/aromatic N) is 2. The van der Waals surface area contributed by atoms with Gasteiger partial charge in [-0.05, 0) is 36.5 Å². The molecule has 1 aromatic rings. The fraction of sp³-hybridized carbons (Fsp3) is 0.529. The Balaban J connectivity index is 1.80. The first-order chi connectivity index (χ1) is 10.7. The van der Waals surface area contributed by atoms with Gasteiger partial charge in [0.25, 0.3) is 0 Å². The zero-order valence-corrected chi connectivity index (χ0v) is 12.7. The van der Waals surface area contributed by atoms with Crippen LogP contribution in [0.2, 0.25) is 0 Å². The number of ether oxygens (including phenoxy) is 1. The molecule has 116 valence electrons. The number of likely N-dealkylation sites (tertiary alicyclic amines) is 1. The molecule has 0 spiro atoms. The Bertz CT molecular complexity index is 603. The van der Waals surface area contributed by atoms with Gasteiger partial charge in [-0.3, -0.25) is 4.79 Å². The Hall–Kier alpha value is -2.06. The lowest BCUT2D eigenvalue weighted by molar-refractivity contribution is -0.135. The Morgan fingerprint density at radius 1 is 1.41 bits per heavy atom. The third-order valence-electron chi connectivity index (χ3n) is 4.88. The normalized spacial score (nSPS) is 27.8. The molecule has 5 nitrogen and oxygen atoms in total. The summed E-state index contributed by atoms with van der Waals surface area (Å²) in [5, 5.41) is 19.3. The van der Waals surface area contributed by atoms with Crippen LogP contribution in [0.4, 0.5) is 0 Å². The van der Waals surface area contributed by atoms with Crippen LogP contribution in [0.15, 0.2) is 24.3 Å². The quantitative estimate of drug-likeness (QED) is 0.895. The first-order valence-electron chi connectivity index (χ1n) is 7.60. The predicted molar refractivity (Wildman–Crippen MR) is 79.8 cm³/mol. The van der Waals surface area contributed by atoms with Crippen LogP contribution in [0, 0.1) is 28.6 Å². The second-order valence-corrected chi connectivity index (χ2v) is 6.17. The largest absolute Gasteiger partial charge is 0.497 e. The van der Waals surface area contributed by atoms with Gasteiger partial charge in [0.05, 0.1) is 13.2 Å². The average Bonchev–Trinajstić information content (AvgIpc) is 3.36. The molecule has 1 saturated heterocycles. The number of carbonyl (C=O) groups is 1. The zero-order valence-electron chi connectivity index (χ0n) is 12.7. The van der Waals surface area contributed by atoms with Crippen LogP contribution in [-0.4, -0.2) is 36.2 Å². The SMILES string of the molecule is COc1ccc(CN2CC(CO)[C@@](C#N)(C3CC3)C2=O)cc1. The summed E-state index contributed by atoms with van der Waals surface area (Å²) in [4.78, 5) is 14.5. The van der Waals surface area contributed by atoms with E-state index in [1.54, 1.807) is 12.0 Å². The number of methoxy groups -OCH3 is 1. The molecule has 1 aliphatic heterocycles. The van der Waals surface area contributed by atoms with Crippen LogP contribution >= 0.6 is 0 Å². The van der Waals surface area contributed by atoms with Crippen molar-refractivity contribution in [1.82, 2.24) is 4.90 Å². The monoisotopic (exact) mass is 300 g/mol. The van der Waals surface area contributed by atoms with Crippen molar-refractivity contribution >= 4 is 5.91 Å². The summed E-state index contributed by atoms with van der Waals surface area (Å²) in [5.41, 5.74) is -0.0170. The van der Waals surface area contributed by atoms with Crippen molar-refractivity contribution in [3.05, 3.63) is 29.8 Å². The molecular formula is C17H20N2O3. The van der Waals surface area contributed by atoms with Crippen LogP contribution in [-0.2, 0) is 11.3 Å². The minimum atomic E-state index is -1.01. The van der Waals surface area contributed by atoms with Crippen molar-refractivity contribution < 1.29 is 14.6 Å². The van der Waals surface area contributed by atoms with Crippen LogP contribution in [0.3, 0.4) is 0 Å². The Morgan fingerprint density at radius 2 is 2.09 bits per heavy atom. The highest BCUT2D eigenvalue weighted by Gasteiger charge is 2.61. The topological polar surface area (TPSA) is 73.6 Å². The third kappa shape index (κ3) is 2.24. The van der Waals surface area contributed by atoms with Crippen molar-refractivity contribution in [2.45, 2.75) is 19.4 Å². The molecule has 5 heteroatoms. The lowest BCUT2D eigenvalue weighted by Gasteiger charge is -2.24. The van der Waals surface area contributed by atoms with Gasteiger partial charge in [0, 0.05) is 25.6 Å². The Kier molecular flexibility index (Phi) is 3.79. The fourth-order valence-electron chi connectivity index (χ4n) is 3.50. The van der Waals surface area contributed by atoms with Gasteiger partial charge in [-0.2, -0.15) is 5.26 Å². The standard InChI is InChI=1S/C17H20N2O3/c1-22-15-6-2-12(3-7-15)8-19-9-14(10-20)17(11-18,16(19)21)13-4-5-13/h2-3,6-7,13-14,20H,4-5,8-10H2,1H3/t14?,17-/m1/s1. The number of aliphatic hydroxyl groups is 1. The van der Waals surface area contributed by atoms with E-state index in [0.717, 1.165) is 24.2 Å². The number of rotatable bonds is 5. The second kappa shape index (κ2) is 5.62. The van der Waals surface area contributed by atoms with Gasteiger partial charge in [0.15, 0.2) is 0 Å². The van der Waals surface area contributed by atoms with E-state index in [4.69, 9.17) is 4.74 Å². The van der Waals surface area contributed by atoms with Gasteiger partial charge >= 0.3 is 0 Å². The van der Waals surface area contributed by atoms with E-state index >= 15 is 0 Å². The van der Waals surface area contributed by atoms with Crippen molar-refractivity contribution in [3.8, 4) is 11.8 Å². The van der Waals surface area contributed by atoms with Crippen molar-refractivity contribution in [2.75, 3.05) is 20.3 Å². The van der Waals surface area contributed by atoms with Crippen LogP contribution < -0.4 is 4.74 Å². The molecule has 1 aliphatic carbocycles. The summed E-state index contributed by atoms with van der Waals surface area (Å²) in [6.07, 6.45) is 1.82. The molecule has 0 radical (unpaired) electrons. The van der Waals surface area contributed by atoms with E-state index in [9.17, 15) is 15.2 Å². The maximum atomic E-state index is 12.8. The number of hydrogen-bond acceptors (Lipinski definition) is 4. The summed E-state index contributed by atoms with van der Waals surface area (Å²) in [6.45, 7) is 0.801. The lowest BCUT2D eigenvalue weighted by Crippen LogP contribution is -2.38. The first-order valence-corrected chi connectivity index (χ1v) is 7.60. The smallest absolute Gasteiger partial charge is 0.244 e. The molecule has 1 amide bonds. The fourth-order valence-corrected chi connectivity index (χ4v) is 3.50. The molecule has 0 bridgehead atoms. The maximum Gasteiger partial charge on any atom is 0.244 e. The summed E-state index contributed by atoms with van der Waals surface area (Å²) in [7, 11) is 1.61. The van der Waals surface area contributed by atoms with E-state index in [2.05, 4.69) is 6.07 Å². The molecule has 1 aromatic carbocycles. The van der Waals surface area contributed by atoms with Gasteiger partial charge < -0.3 is 14.7 Å². The molecule has 1 saturated carbocycles. The predicted octanol–water partition coefficient (Wildman–Crippen LogP) is 1.57. The number of carbonyl (C=O) groups excluding carboxylic acids is 1. The maximum absolute atomic E-state index is 12.8. The van der Waals surface area contributed by atoms with E-state index in [1.807, 2.05) is 24.3 Å². The molecule has 2 fully saturated rings. The molecule has 1 N–H and O–H groups in total. The molecule has 1 heterocycles. The number of benzene rings is 1. The molecule has 2 aliphatic rings. The zero-order chi connectivity index (χ0) is 15.7. The van der Waals surface area contributed by atoms with Gasteiger partial charge in [-0.1, -0.05) is 12.1 Å². The highest BCUT2D eigenvalue weighted by atomic mass is 16.5. The van der Waals surface area contributed by atoms with Gasteiger partial charge in [0.1, 0.15) is 11.2 Å². The Morgan fingerprint density at radius 3 is 2.59 bits per heavy atom. The lowest BCUT2D eigenvalue weighted by atomic mass is 9.75. The van der Waals surface area contributed by atoms with Crippen molar-refractivity contribution in [1.29, 1.82) is 5.26 Å². The van der Waals surface area contributed by atoms with E-state index in [1.165, 1.54) is 0 Å². The van der Waals surface area contributed by atoms with Crippen LogP contribution in [0.5, 0.6) is 5.75 Å². The first kappa shape index (κ1) is 14.9. The second-order valence-electron chi connectivity index (χ2n) is 6.17. The summed E-state index contributed by atoms with van der Waals surface area (Å²) in [6, 6.07) is 9.81. The molecular weight excluding hydrogens is 280 g/mol. The van der Waals surface area contributed by atoms with Gasteiger partial charge in [-0.25, -0.2) is 0 Å². The van der Waals surface area contributed by atoms with Crippen LogP contribution in [0.25, 0.3) is 0 Å². The number of aliphatic hydroxyl groups excluding tert-OH is 1. The van der Waals surface area contributed by atoms with E-state index in [-0.39, 0.29) is 24.3 Å². The minimum absolute atomic E-state index is 0.114. The Labute approximate surface area is 130 Å². The van der Waals surface area contributed by atoms with E-state index in [0.29, 0.717) is 13.1 Å². The van der Waals surface area contributed by atoms with Gasteiger partial charge in [-0.15, -0.1) is 0 Å². The number of hydrogen-bond donors (Lipinski definition) is 1. The summed E-state index contributed by atoms with van der Waals surface area (Å²) < 4.78 is 5.13. The van der Waals surface area contributed by atoms with E-state index < -0.39 is 5.41 Å². The molecule has 2 atom stereocenters. The molecule has 22 heavy (non-hydrogen) atoms. The minimum Gasteiger partial charge on any atom is -0.497 e. The highest BCUT2D eigenvalue weighted by Crippen LogP contribution is 2.54.